The van der Waals surface area contributed by atoms with Crippen LogP contribution in [0.1, 0.15) is 12.8 Å². The molecule has 146 valence electrons. The topological polar surface area (TPSA) is 81.6 Å². The van der Waals surface area contributed by atoms with E-state index in [1.807, 2.05) is 24.3 Å². The van der Waals surface area contributed by atoms with Gasteiger partial charge in [-0.25, -0.2) is 18.4 Å². The summed E-state index contributed by atoms with van der Waals surface area (Å²) in [5.41, 5.74) is 1.59. The highest BCUT2D eigenvalue weighted by atomic mass is 32.2. The van der Waals surface area contributed by atoms with Crippen molar-refractivity contribution in [2.45, 2.75) is 23.8 Å². The summed E-state index contributed by atoms with van der Waals surface area (Å²) < 4.78 is 38.3. The van der Waals surface area contributed by atoms with E-state index in [2.05, 4.69) is 9.97 Å². The number of hydrogen-bond donors (Lipinski definition) is 0. The number of fused-ring (bicyclic) bond motifs is 1. The Morgan fingerprint density at radius 3 is 2.54 bits per heavy atom. The van der Waals surface area contributed by atoms with E-state index in [-0.39, 0.29) is 11.0 Å². The Bertz CT molecular complexity index is 1080. The Labute approximate surface area is 164 Å². The third-order valence-corrected chi connectivity index (χ3v) is 6.69. The highest BCUT2D eigenvalue weighted by Gasteiger charge is 2.30. The van der Waals surface area contributed by atoms with Crippen LogP contribution in [-0.4, -0.2) is 49.0 Å². The summed E-state index contributed by atoms with van der Waals surface area (Å²) in [5.74, 6) is 0.988. The number of aromatic nitrogens is 2. The molecular weight excluding hydrogens is 378 g/mol. The molecule has 2 aromatic carbocycles. The first-order chi connectivity index (χ1) is 13.6. The normalized spacial score (nSPS) is 16.2. The lowest BCUT2D eigenvalue weighted by molar-refractivity contribution is 0.130. The van der Waals surface area contributed by atoms with E-state index in [1.165, 1.54) is 11.4 Å². The van der Waals surface area contributed by atoms with E-state index >= 15 is 0 Å². The fourth-order valence-electron chi connectivity index (χ4n) is 3.27. The average Bonchev–Trinajstić information content (AvgIpc) is 2.74. The molecule has 0 unspecified atom stereocenters. The minimum absolute atomic E-state index is 0.0905. The minimum Gasteiger partial charge on any atom is -0.497 e. The van der Waals surface area contributed by atoms with Crippen LogP contribution in [0.25, 0.3) is 11.0 Å². The van der Waals surface area contributed by atoms with Crippen molar-refractivity contribution >= 4 is 21.1 Å². The number of ether oxygens (including phenoxy) is 2. The van der Waals surface area contributed by atoms with Gasteiger partial charge in [0.05, 0.1) is 29.2 Å². The maximum Gasteiger partial charge on any atom is 0.243 e. The molecule has 1 aromatic heterocycles. The molecule has 1 aliphatic heterocycles. The van der Waals surface area contributed by atoms with Crippen molar-refractivity contribution < 1.29 is 17.9 Å². The van der Waals surface area contributed by atoms with Gasteiger partial charge < -0.3 is 9.47 Å². The lowest BCUT2D eigenvalue weighted by Gasteiger charge is -2.31. The molecule has 1 aliphatic rings. The van der Waals surface area contributed by atoms with Crippen molar-refractivity contribution in [3.05, 3.63) is 54.7 Å². The van der Waals surface area contributed by atoms with Gasteiger partial charge in [0.25, 0.3) is 0 Å². The Morgan fingerprint density at radius 1 is 1.04 bits per heavy atom. The minimum atomic E-state index is -3.55. The molecule has 0 bridgehead atoms. The van der Waals surface area contributed by atoms with Crippen molar-refractivity contribution in [1.29, 1.82) is 0 Å². The first-order valence-corrected chi connectivity index (χ1v) is 10.5. The van der Waals surface area contributed by atoms with Gasteiger partial charge in [-0.3, -0.25) is 0 Å². The molecule has 8 heteroatoms. The molecule has 3 aromatic rings. The molecule has 1 saturated heterocycles. The summed E-state index contributed by atoms with van der Waals surface area (Å²) >= 11 is 0. The van der Waals surface area contributed by atoms with Gasteiger partial charge in [-0.1, -0.05) is 18.2 Å². The van der Waals surface area contributed by atoms with Gasteiger partial charge in [0.1, 0.15) is 11.9 Å². The van der Waals surface area contributed by atoms with Gasteiger partial charge >= 0.3 is 0 Å². The lowest BCUT2D eigenvalue weighted by atomic mass is 10.1. The molecule has 0 atom stereocenters. The highest BCUT2D eigenvalue weighted by molar-refractivity contribution is 7.89. The van der Waals surface area contributed by atoms with E-state index in [1.54, 1.807) is 30.5 Å². The van der Waals surface area contributed by atoms with Crippen LogP contribution >= 0.6 is 0 Å². The molecule has 0 amide bonds. The van der Waals surface area contributed by atoms with Crippen LogP contribution < -0.4 is 9.47 Å². The van der Waals surface area contributed by atoms with Crippen LogP contribution in [0, 0.1) is 0 Å². The molecule has 28 heavy (non-hydrogen) atoms. The van der Waals surface area contributed by atoms with Crippen LogP contribution in [0.15, 0.2) is 59.6 Å². The zero-order valence-corrected chi connectivity index (χ0v) is 16.3. The second-order valence-electron chi connectivity index (χ2n) is 6.60. The maximum atomic E-state index is 12.9. The Hall–Kier alpha value is -2.71. The molecule has 0 spiro atoms. The summed E-state index contributed by atoms with van der Waals surface area (Å²) in [5, 5.41) is 0. The number of hydrogen-bond acceptors (Lipinski definition) is 6. The van der Waals surface area contributed by atoms with Crippen LogP contribution in [0.4, 0.5) is 0 Å². The smallest absolute Gasteiger partial charge is 0.243 e. The fraction of sp³-hybridized carbons (Fsp3) is 0.300. The number of para-hydroxylation sites is 2. The van der Waals surface area contributed by atoms with Gasteiger partial charge in [-0.15, -0.1) is 0 Å². The van der Waals surface area contributed by atoms with Gasteiger partial charge in [0, 0.05) is 19.2 Å². The fourth-order valence-corrected chi connectivity index (χ4v) is 4.77. The van der Waals surface area contributed by atoms with E-state index in [9.17, 15) is 8.42 Å². The van der Waals surface area contributed by atoms with Crippen LogP contribution in [0.2, 0.25) is 0 Å². The zero-order chi connectivity index (χ0) is 19.6. The number of piperidine rings is 1. The average molecular weight is 399 g/mol. The maximum absolute atomic E-state index is 12.9. The zero-order valence-electron chi connectivity index (χ0n) is 15.5. The molecule has 4 rings (SSSR count). The van der Waals surface area contributed by atoms with Gasteiger partial charge in [-0.05, 0) is 37.1 Å². The second kappa shape index (κ2) is 7.73. The third kappa shape index (κ3) is 3.79. The lowest BCUT2D eigenvalue weighted by Crippen LogP contribution is -2.41. The summed E-state index contributed by atoms with van der Waals surface area (Å²) in [6.07, 6.45) is 2.71. The number of benzene rings is 2. The van der Waals surface area contributed by atoms with Crippen molar-refractivity contribution in [3.8, 4) is 11.6 Å². The van der Waals surface area contributed by atoms with E-state index < -0.39 is 10.0 Å². The van der Waals surface area contributed by atoms with Gasteiger partial charge in [-0.2, -0.15) is 4.31 Å². The SMILES string of the molecule is COc1cccc(S(=O)(=O)N2CCC(Oc3cnc4ccccc4n3)CC2)c1. The summed E-state index contributed by atoms with van der Waals surface area (Å²) in [7, 11) is -2.03. The second-order valence-corrected chi connectivity index (χ2v) is 8.54. The van der Waals surface area contributed by atoms with Crippen LogP contribution in [0.3, 0.4) is 0 Å². The number of sulfonamides is 1. The summed E-state index contributed by atoms with van der Waals surface area (Å²) in [6, 6.07) is 14.1. The number of nitrogens with zero attached hydrogens (tertiary/aromatic N) is 3. The molecule has 2 heterocycles. The number of rotatable bonds is 5. The summed E-state index contributed by atoms with van der Waals surface area (Å²) in [4.78, 5) is 9.07. The van der Waals surface area contributed by atoms with Gasteiger partial charge in [0.2, 0.25) is 15.9 Å². The molecule has 0 radical (unpaired) electrons. The molecule has 0 aliphatic carbocycles. The highest BCUT2D eigenvalue weighted by Crippen LogP contribution is 2.25. The first-order valence-electron chi connectivity index (χ1n) is 9.09. The predicted molar refractivity (Wildman–Crippen MR) is 105 cm³/mol. The molecule has 7 nitrogen and oxygen atoms in total. The monoisotopic (exact) mass is 399 g/mol. The third-order valence-electron chi connectivity index (χ3n) is 4.79. The Balaban J connectivity index is 1.42. The quantitative estimate of drug-likeness (QED) is 0.656. The number of methoxy groups -OCH3 is 1. The van der Waals surface area contributed by atoms with Crippen LogP contribution in [-0.2, 0) is 10.0 Å². The molecular formula is C20H21N3O4S. The molecule has 1 fully saturated rings. The first kappa shape index (κ1) is 18.6. The summed E-state index contributed by atoms with van der Waals surface area (Å²) in [6.45, 7) is 0.788. The Kier molecular flexibility index (Phi) is 5.15. The predicted octanol–water partition coefficient (Wildman–Crippen LogP) is 2.87. The van der Waals surface area contributed by atoms with Crippen molar-refractivity contribution in [2.24, 2.45) is 0 Å². The van der Waals surface area contributed by atoms with Crippen molar-refractivity contribution in [1.82, 2.24) is 14.3 Å². The van der Waals surface area contributed by atoms with E-state index in [0.717, 1.165) is 11.0 Å². The Morgan fingerprint density at radius 2 is 1.79 bits per heavy atom. The molecule has 0 saturated carbocycles. The largest absolute Gasteiger partial charge is 0.497 e. The van der Waals surface area contributed by atoms with Crippen molar-refractivity contribution in [3.63, 3.8) is 0 Å². The van der Waals surface area contributed by atoms with Gasteiger partial charge in [0.15, 0.2) is 0 Å². The van der Waals surface area contributed by atoms with E-state index in [0.29, 0.717) is 37.6 Å². The standard InChI is InChI=1S/C20H21N3O4S/c1-26-16-5-4-6-17(13-16)28(24,25)23-11-9-15(10-12-23)27-20-14-21-18-7-2-3-8-19(18)22-20/h2-8,13-15H,9-12H2,1H3. The molecule has 0 N–H and O–H groups in total. The van der Waals surface area contributed by atoms with Crippen molar-refractivity contribution in [2.75, 3.05) is 20.2 Å². The van der Waals surface area contributed by atoms with E-state index in [4.69, 9.17) is 9.47 Å². The van der Waals surface area contributed by atoms with Crippen LogP contribution in [0.5, 0.6) is 11.6 Å².